The van der Waals surface area contributed by atoms with Gasteiger partial charge in [0.1, 0.15) is 5.75 Å². The van der Waals surface area contributed by atoms with Gasteiger partial charge in [0.15, 0.2) is 0 Å². The second-order valence-electron chi connectivity index (χ2n) is 3.44. The molecule has 82 valence electrons. The molecule has 0 spiro atoms. The highest BCUT2D eigenvalue weighted by Gasteiger charge is 1.92. The molecule has 1 aromatic rings. The lowest BCUT2D eigenvalue weighted by atomic mass is 10.2. The Kier molecular flexibility index (Phi) is 5.38. The molecule has 0 aliphatic carbocycles. The number of unbranched alkanes of at least 4 members (excludes halogenated alkanes) is 2. The zero-order valence-corrected chi connectivity index (χ0v) is 9.33. The Balaban J connectivity index is 2.22. The van der Waals surface area contributed by atoms with Crippen LogP contribution in [-0.4, -0.2) is 13.7 Å². The van der Waals surface area contributed by atoms with E-state index in [2.05, 4.69) is 11.9 Å². The molecule has 0 aliphatic rings. The zero-order chi connectivity index (χ0) is 10.9. The summed E-state index contributed by atoms with van der Waals surface area (Å²) in [6, 6.07) is 8.00. The van der Waals surface area contributed by atoms with Gasteiger partial charge >= 0.3 is 0 Å². The SMILES string of the molecule is C=CCCCCNc1ccc(OC)cc1. The monoisotopic (exact) mass is 205 g/mol. The minimum atomic E-state index is 0.896. The Morgan fingerprint density at radius 1 is 1.27 bits per heavy atom. The highest BCUT2D eigenvalue weighted by Crippen LogP contribution is 2.14. The molecule has 1 N–H and O–H groups in total. The molecule has 0 aliphatic heterocycles. The second kappa shape index (κ2) is 6.93. The van der Waals surface area contributed by atoms with Gasteiger partial charge in [-0.25, -0.2) is 0 Å². The van der Waals surface area contributed by atoms with Crippen LogP contribution >= 0.6 is 0 Å². The fraction of sp³-hybridized carbons (Fsp3) is 0.385. The van der Waals surface area contributed by atoms with Crippen LogP contribution in [0.25, 0.3) is 0 Å². The number of nitrogens with one attached hydrogen (secondary N) is 1. The summed E-state index contributed by atoms with van der Waals surface area (Å²) in [6.07, 6.45) is 5.45. The summed E-state index contributed by atoms with van der Waals surface area (Å²) in [5.74, 6) is 0.896. The standard InChI is InChI=1S/C13H19NO/c1-3-4-5-6-11-14-12-7-9-13(15-2)10-8-12/h3,7-10,14H,1,4-6,11H2,2H3. The fourth-order valence-corrected chi connectivity index (χ4v) is 1.36. The first-order valence-electron chi connectivity index (χ1n) is 5.35. The third kappa shape index (κ3) is 4.54. The number of allylic oxidation sites excluding steroid dienone is 1. The number of hydrogen-bond acceptors (Lipinski definition) is 2. The Labute approximate surface area is 92.0 Å². The van der Waals surface area contributed by atoms with Crippen LogP contribution in [0, 0.1) is 0 Å². The van der Waals surface area contributed by atoms with Crippen molar-refractivity contribution in [2.45, 2.75) is 19.3 Å². The molecule has 0 saturated heterocycles. The van der Waals surface area contributed by atoms with Gasteiger partial charge in [0.05, 0.1) is 7.11 Å². The van der Waals surface area contributed by atoms with Crippen molar-refractivity contribution >= 4 is 5.69 Å². The van der Waals surface area contributed by atoms with E-state index < -0.39 is 0 Å². The van der Waals surface area contributed by atoms with Crippen LogP contribution < -0.4 is 10.1 Å². The second-order valence-corrected chi connectivity index (χ2v) is 3.44. The lowest BCUT2D eigenvalue weighted by molar-refractivity contribution is 0.415. The topological polar surface area (TPSA) is 21.3 Å². The van der Waals surface area contributed by atoms with Gasteiger partial charge in [0.25, 0.3) is 0 Å². The van der Waals surface area contributed by atoms with E-state index in [9.17, 15) is 0 Å². The molecule has 0 atom stereocenters. The van der Waals surface area contributed by atoms with Gasteiger partial charge in [-0.2, -0.15) is 0 Å². The number of ether oxygens (including phenoxy) is 1. The highest BCUT2D eigenvalue weighted by molar-refractivity contribution is 5.46. The molecule has 2 nitrogen and oxygen atoms in total. The van der Waals surface area contributed by atoms with Gasteiger partial charge in [-0.1, -0.05) is 6.08 Å². The highest BCUT2D eigenvalue weighted by atomic mass is 16.5. The van der Waals surface area contributed by atoms with Gasteiger partial charge in [-0.3, -0.25) is 0 Å². The van der Waals surface area contributed by atoms with Gasteiger partial charge in [-0.05, 0) is 43.5 Å². The maximum Gasteiger partial charge on any atom is 0.119 e. The number of hydrogen-bond donors (Lipinski definition) is 1. The third-order valence-electron chi connectivity index (χ3n) is 2.25. The van der Waals surface area contributed by atoms with E-state index in [1.54, 1.807) is 7.11 Å². The number of anilines is 1. The first-order valence-corrected chi connectivity index (χ1v) is 5.35. The fourth-order valence-electron chi connectivity index (χ4n) is 1.36. The van der Waals surface area contributed by atoms with E-state index in [-0.39, 0.29) is 0 Å². The number of methoxy groups -OCH3 is 1. The van der Waals surface area contributed by atoms with E-state index in [0.29, 0.717) is 0 Å². The first kappa shape index (κ1) is 11.6. The summed E-state index contributed by atoms with van der Waals surface area (Å²) in [5, 5.41) is 3.36. The zero-order valence-electron chi connectivity index (χ0n) is 9.33. The van der Waals surface area contributed by atoms with Crippen molar-refractivity contribution in [2.24, 2.45) is 0 Å². The summed E-state index contributed by atoms with van der Waals surface area (Å²) < 4.78 is 5.09. The van der Waals surface area contributed by atoms with Crippen LogP contribution in [-0.2, 0) is 0 Å². The Bertz CT molecular complexity index is 279. The summed E-state index contributed by atoms with van der Waals surface area (Å²) in [5.41, 5.74) is 1.15. The molecule has 0 heterocycles. The third-order valence-corrected chi connectivity index (χ3v) is 2.25. The molecule has 0 bridgehead atoms. The molecule has 0 unspecified atom stereocenters. The van der Waals surface area contributed by atoms with Gasteiger partial charge in [0, 0.05) is 12.2 Å². The number of benzene rings is 1. The molecule has 0 radical (unpaired) electrons. The Morgan fingerprint density at radius 3 is 2.60 bits per heavy atom. The van der Waals surface area contributed by atoms with E-state index in [1.807, 2.05) is 30.3 Å². The van der Waals surface area contributed by atoms with Crippen LogP contribution in [0.5, 0.6) is 5.75 Å². The predicted octanol–water partition coefficient (Wildman–Crippen LogP) is 3.46. The smallest absolute Gasteiger partial charge is 0.119 e. The van der Waals surface area contributed by atoms with E-state index in [0.717, 1.165) is 24.4 Å². The molecular formula is C13H19NO. The molecule has 0 saturated carbocycles. The van der Waals surface area contributed by atoms with Crippen LogP contribution in [0.1, 0.15) is 19.3 Å². The van der Waals surface area contributed by atoms with Crippen molar-refractivity contribution in [3.63, 3.8) is 0 Å². The van der Waals surface area contributed by atoms with E-state index >= 15 is 0 Å². The quantitative estimate of drug-likeness (QED) is 0.543. The summed E-state index contributed by atoms with van der Waals surface area (Å²) in [4.78, 5) is 0. The van der Waals surface area contributed by atoms with E-state index in [4.69, 9.17) is 4.74 Å². The first-order chi connectivity index (χ1) is 7.36. The summed E-state index contributed by atoms with van der Waals surface area (Å²) in [7, 11) is 1.68. The molecule has 15 heavy (non-hydrogen) atoms. The summed E-state index contributed by atoms with van der Waals surface area (Å²) in [6.45, 7) is 4.72. The Morgan fingerprint density at radius 2 is 2.00 bits per heavy atom. The number of rotatable bonds is 7. The van der Waals surface area contributed by atoms with Crippen molar-refractivity contribution in [2.75, 3.05) is 19.0 Å². The van der Waals surface area contributed by atoms with Crippen LogP contribution in [0.2, 0.25) is 0 Å². The normalized spacial score (nSPS) is 9.67. The van der Waals surface area contributed by atoms with Crippen molar-refractivity contribution < 1.29 is 4.74 Å². The minimum absolute atomic E-state index is 0.896. The van der Waals surface area contributed by atoms with Crippen molar-refractivity contribution in [3.05, 3.63) is 36.9 Å². The molecule has 0 amide bonds. The van der Waals surface area contributed by atoms with Crippen LogP contribution in [0.3, 0.4) is 0 Å². The maximum atomic E-state index is 5.09. The van der Waals surface area contributed by atoms with Crippen molar-refractivity contribution in [3.8, 4) is 5.75 Å². The summed E-state index contributed by atoms with van der Waals surface area (Å²) >= 11 is 0. The average molecular weight is 205 g/mol. The van der Waals surface area contributed by atoms with Crippen LogP contribution in [0.15, 0.2) is 36.9 Å². The largest absolute Gasteiger partial charge is 0.497 e. The lowest BCUT2D eigenvalue weighted by Crippen LogP contribution is -2.00. The molecule has 0 fully saturated rings. The predicted molar refractivity (Wildman–Crippen MR) is 65.5 cm³/mol. The molecular weight excluding hydrogens is 186 g/mol. The molecule has 1 rings (SSSR count). The van der Waals surface area contributed by atoms with Gasteiger partial charge < -0.3 is 10.1 Å². The van der Waals surface area contributed by atoms with Crippen molar-refractivity contribution in [1.29, 1.82) is 0 Å². The molecule has 0 aromatic heterocycles. The Hall–Kier alpha value is -1.44. The van der Waals surface area contributed by atoms with E-state index in [1.165, 1.54) is 12.8 Å². The lowest BCUT2D eigenvalue weighted by Gasteiger charge is -2.06. The van der Waals surface area contributed by atoms with Gasteiger partial charge in [-0.15, -0.1) is 6.58 Å². The average Bonchev–Trinajstić information content (AvgIpc) is 2.30. The van der Waals surface area contributed by atoms with Crippen molar-refractivity contribution in [1.82, 2.24) is 0 Å². The maximum absolute atomic E-state index is 5.09. The van der Waals surface area contributed by atoms with Crippen LogP contribution in [0.4, 0.5) is 5.69 Å². The molecule has 2 heteroatoms. The minimum Gasteiger partial charge on any atom is -0.497 e. The molecule has 1 aromatic carbocycles. The van der Waals surface area contributed by atoms with Gasteiger partial charge in [0.2, 0.25) is 0 Å².